The minimum Gasteiger partial charge on any atom is -0.495 e. The number of likely N-dealkylation sites (tertiary alicyclic amines) is 1. The number of anilines is 2. The molecule has 3 rings (SSSR count). The maximum absolute atomic E-state index is 12.7. The number of carbonyl (C=O) groups is 2. The number of amides is 2. The number of nitrogens with zero attached hydrogens (tertiary/aromatic N) is 1. The van der Waals surface area contributed by atoms with E-state index >= 15 is 0 Å². The van der Waals surface area contributed by atoms with Crippen LogP contribution in [0, 0.1) is 0 Å². The van der Waals surface area contributed by atoms with Crippen LogP contribution in [0.4, 0.5) is 11.4 Å². The van der Waals surface area contributed by atoms with Crippen molar-refractivity contribution in [2.75, 3.05) is 30.8 Å². The topological polar surface area (TPSA) is 70.7 Å². The number of hydrogen-bond acceptors (Lipinski definition) is 4. The highest BCUT2D eigenvalue weighted by molar-refractivity contribution is 6.36. The quantitative estimate of drug-likeness (QED) is 0.737. The van der Waals surface area contributed by atoms with E-state index in [4.69, 9.17) is 27.9 Å². The highest BCUT2D eigenvalue weighted by Crippen LogP contribution is 2.27. The van der Waals surface area contributed by atoms with E-state index in [1.807, 2.05) is 17.0 Å². The zero-order valence-electron chi connectivity index (χ0n) is 15.4. The molecule has 2 amide bonds. The molecular weight excluding hydrogens is 401 g/mol. The Labute approximate surface area is 173 Å². The van der Waals surface area contributed by atoms with Gasteiger partial charge in [0.2, 0.25) is 11.8 Å². The summed E-state index contributed by atoms with van der Waals surface area (Å²) in [6.45, 7) is 0.788. The molecule has 0 aliphatic carbocycles. The molecule has 6 nitrogen and oxygen atoms in total. The Morgan fingerprint density at radius 2 is 1.93 bits per heavy atom. The summed E-state index contributed by atoms with van der Waals surface area (Å²) in [5.41, 5.74) is 1.10. The average molecular weight is 422 g/mol. The Balaban J connectivity index is 1.62. The van der Waals surface area contributed by atoms with Gasteiger partial charge in [0.05, 0.1) is 36.1 Å². The molecule has 0 unspecified atom stereocenters. The Bertz CT molecular complexity index is 876. The van der Waals surface area contributed by atoms with Gasteiger partial charge in [-0.2, -0.15) is 0 Å². The van der Waals surface area contributed by atoms with Gasteiger partial charge in [0, 0.05) is 5.02 Å². The predicted molar refractivity (Wildman–Crippen MR) is 111 cm³/mol. The van der Waals surface area contributed by atoms with E-state index < -0.39 is 6.04 Å². The zero-order chi connectivity index (χ0) is 20.1. The fraction of sp³-hybridized carbons (Fsp3) is 0.300. The highest BCUT2D eigenvalue weighted by atomic mass is 35.5. The fourth-order valence-corrected chi connectivity index (χ4v) is 3.70. The fourth-order valence-electron chi connectivity index (χ4n) is 3.24. The van der Waals surface area contributed by atoms with E-state index in [2.05, 4.69) is 10.6 Å². The first-order chi connectivity index (χ1) is 13.5. The molecule has 1 fully saturated rings. The highest BCUT2D eigenvalue weighted by Gasteiger charge is 2.32. The van der Waals surface area contributed by atoms with Crippen molar-refractivity contribution in [3.05, 3.63) is 52.5 Å². The smallest absolute Gasteiger partial charge is 0.241 e. The zero-order valence-corrected chi connectivity index (χ0v) is 16.9. The van der Waals surface area contributed by atoms with E-state index in [0.717, 1.165) is 6.42 Å². The standard InChI is InChI=1S/C20H21Cl2N3O3/c1-28-18-7-3-2-5-16(18)23-19(26)12-25-10-4-6-17(25)20(27)24-15-9-8-13(21)11-14(15)22/h2-3,5,7-9,11,17H,4,6,10,12H2,1H3,(H,23,26)(H,24,27)/t17-/m0/s1. The maximum atomic E-state index is 12.7. The van der Waals surface area contributed by atoms with Crippen LogP contribution in [0.1, 0.15) is 12.8 Å². The Morgan fingerprint density at radius 3 is 2.68 bits per heavy atom. The molecule has 2 N–H and O–H groups in total. The summed E-state index contributed by atoms with van der Waals surface area (Å²) < 4.78 is 5.25. The second-order valence-electron chi connectivity index (χ2n) is 6.49. The van der Waals surface area contributed by atoms with Crippen LogP contribution < -0.4 is 15.4 Å². The molecule has 2 aromatic rings. The molecule has 1 aliphatic rings. The molecule has 0 bridgehead atoms. The molecule has 0 saturated carbocycles. The van der Waals surface area contributed by atoms with Crippen LogP contribution in [-0.4, -0.2) is 43.0 Å². The van der Waals surface area contributed by atoms with Crippen LogP contribution in [0.15, 0.2) is 42.5 Å². The molecular formula is C20H21Cl2N3O3. The first kappa shape index (κ1) is 20.5. The molecule has 1 saturated heterocycles. The third-order valence-corrected chi connectivity index (χ3v) is 5.13. The third kappa shape index (κ3) is 4.95. The number of benzene rings is 2. The van der Waals surface area contributed by atoms with Gasteiger partial charge in [0.15, 0.2) is 0 Å². The lowest BCUT2D eigenvalue weighted by Gasteiger charge is -2.23. The van der Waals surface area contributed by atoms with Crippen LogP contribution >= 0.6 is 23.2 Å². The van der Waals surface area contributed by atoms with Crippen LogP contribution in [0.3, 0.4) is 0 Å². The van der Waals surface area contributed by atoms with E-state index in [0.29, 0.717) is 40.1 Å². The van der Waals surface area contributed by atoms with Crippen molar-refractivity contribution in [3.8, 4) is 5.75 Å². The second-order valence-corrected chi connectivity index (χ2v) is 7.33. The van der Waals surface area contributed by atoms with Crippen molar-refractivity contribution in [2.45, 2.75) is 18.9 Å². The van der Waals surface area contributed by atoms with Crippen LogP contribution in [0.2, 0.25) is 10.0 Å². The van der Waals surface area contributed by atoms with Crippen molar-refractivity contribution < 1.29 is 14.3 Å². The Morgan fingerprint density at radius 1 is 1.14 bits per heavy atom. The Kier molecular flexibility index (Phi) is 6.78. The van der Waals surface area contributed by atoms with Gasteiger partial charge in [-0.1, -0.05) is 35.3 Å². The van der Waals surface area contributed by atoms with Crippen molar-refractivity contribution in [3.63, 3.8) is 0 Å². The first-order valence-electron chi connectivity index (χ1n) is 8.91. The summed E-state index contributed by atoms with van der Waals surface area (Å²) in [7, 11) is 1.55. The molecule has 1 heterocycles. The lowest BCUT2D eigenvalue weighted by molar-refractivity contribution is -0.122. The lowest BCUT2D eigenvalue weighted by atomic mass is 10.2. The number of ether oxygens (including phenoxy) is 1. The number of rotatable bonds is 6. The molecule has 28 heavy (non-hydrogen) atoms. The van der Waals surface area contributed by atoms with Crippen LogP contribution in [0.25, 0.3) is 0 Å². The average Bonchev–Trinajstić information content (AvgIpc) is 3.12. The minimum absolute atomic E-state index is 0.116. The van der Waals surface area contributed by atoms with E-state index in [1.54, 1.807) is 37.4 Å². The van der Waals surface area contributed by atoms with Crippen molar-refractivity contribution >= 4 is 46.4 Å². The van der Waals surface area contributed by atoms with Gasteiger partial charge in [-0.3, -0.25) is 14.5 Å². The molecule has 0 spiro atoms. The third-order valence-electron chi connectivity index (χ3n) is 4.58. The van der Waals surface area contributed by atoms with Crippen molar-refractivity contribution in [1.29, 1.82) is 0 Å². The van der Waals surface area contributed by atoms with E-state index in [1.165, 1.54) is 0 Å². The van der Waals surface area contributed by atoms with Gasteiger partial charge in [-0.25, -0.2) is 0 Å². The number of methoxy groups -OCH3 is 1. The molecule has 1 atom stereocenters. The van der Waals surface area contributed by atoms with Crippen LogP contribution in [-0.2, 0) is 9.59 Å². The van der Waals surface area contributed by atoms with Crippen molar-refractivity contribution in [1.82, 2.24) is 4.90 Å². The molecule has 148 valence electrons. The number of hydrogen-bond donors (Lipinski definition) is 2. The summed E-state index contributed by atoms with van der Waals surface area (Å²) in [4.78, 5) is 27.1. The first-order valence-corrected chi connectivity index (χ1v) is 9.66. The number of halogens is 2. The summed E-state index contributed by atoms with van der Waals surface area (Å²) in [5.74, 6) is 0.199. The van der Waals surface area contributed by atoms with Gasteiger partial charge in [-0.05, 0) is 49.7 Å². The number of carbonyl (C=O) groups excluding carboxylic acids is 2. The van der Waals surface area contributed by atoms with Crippen molar-refractivity contribution in [2.24, 2.45) is 0 Å². The van der Waals surface area contributed by atoms with E-state index in [9.17, 15) is 9.59 Å². The van der Waals surface area contributed by atoms with Gasteiger partial charge >= 0.3 is 0 Å². The summed E-state index contributed by atoms with van der Waals surface area (Å²) in [5, 5.41) is 6.54. The van der Waals surface area contributed by atoms with Gasteiger partial charge in [0.1, 0.15) is 5.75 Å². The minimum atomic E-state index is -0.393. The molecule has 8 heteroatoms. The summed E-state index contributed by atoms with van der Waals surface area (Å²) >= 11 is 12.0. The largest absolute Gasteiger partial charge is 0.495 e. The molecule has 0 aromatic heterocycles. The van der Waals surface area contributed by atoms with Crippen LogP contribution in [0.5, 0.6) is 5.75 Å². The van der Waals surface area contributed by atoms with Gasteiger partial charge in [0.25, 0.3) is 0 Å². The number of nitrogens with one attached hydrogen (secondary N) is 2. The predicted octanol–water partition coefficient (Wildman–Crippen LogP) is 4.04. The SMILES string of the molecule is COc1ccccc1NC(=O)CN1CCC[C@H]1C(=O)Nc1ccc(Cl)cc1Cl. The number of para-hydroxylation sites is 2. The van der Waals surface area contributed by atoms with E-state index in [-0.39, 0.29) is 18.4 Å². The molecule has 0 radical (unpaired) electrons. The maximum Gasteiger partial charge on any atom is 0.241 e. The molecule has 1 aliphatic heterocycles. The summed E-state index contributed by atoms with van der Waals surface area (Å²) in [6, 6.07) is 11.7. The van der Waals surface area contributed by atoms with Gasteiger partial charge < -0.3 is 15.4 Å². The van der Waals surface area contributed by atoms with Gasteiger partial charge in [-0.15, -0.1) is 0 Å². The summed E-state index contributed by atoms with van der Waals surface area (Å²) in [6.07, 6.45) is 1.52. The Hall–Kier alpha value is -2.28. The second kappa shape index (κ2) is 9.28. The lowest BCUT2D eigenvalue weighted by Crippen LogP contribution is -2.43. The monoisotopic (exact) mass is 421 g/mol. The molecule has 2 aromatic carbocycles. The normalized spacial score (nSPS) is 16.6.